The Bertz CT molecular complexity index is 839. The Morgan fingerprint density at radius 1 is 1.18 bits per heavy atom. The van der Waals surface area contributed by atoms with Crippen molar-refractivity contribution in [3.05, 3.63) is 51.5 Å². The van der Waals surface area contributed by atoms with Crippen LogP contribution in [0.4, 0.5) is 5.13 Å². The number of hydrogen-bond acceptors (Lipinski definition) is 8. The molecule has 0 bridgehead atoms. The van der Waals surface area contributed by atoms with Crippen LogP contribution in [0.3, 0.4) is 0 Å². The average molecular weight is 419 g/mol. The Morgan fingerprint density at radius 3 is 2.43 bits per heavy atom. The van der Waals surface area contributed by atoms with Gasteiger partial charge in [-0.15, -0.1) is 31.7 Å². The third kappa shape index (κ3) is 6.74. The highest BCUT2D eigenvalue weighted by Gasteiger charge is 2.21. The van der Waals surface area contributed by atoms with Crippen molar-refractivity contribution in [1.29, 1.82) is 0 Å². The maximum atomic E-state index is 12.6. The van der Waals surface area contributed by atoms with Crippen LogP contribution in [-0.4, -0.2) is 32.8 Å². The van der Waals surface area contributed by atoms with Crippen LogP contribution in [0.1, 0.15) is 34.8 Å². The fourth-order valence-electron chi connectivity index (χ4n) is 2.60. The molecule has 0 radical (unpaired) electrons. The van der Waals surface area contributed by atoms with Gasteiger partial charge in [-0.1, -0.05) is 42.2 Å². The second-order valence-corrected chi connectivity index (χ2v) is 8.43. The Labute approximate surface area is 173 Å². The number of aromatic nitrogens is 4. The molecule has 0 saturated heterocycles. The van der Waals surface area contributed by atoms with Crippen molar-refractivity contribution in [2.24, 2.45) is 11.7 Å². The lowest BCUT2D eigenvalue weighted by Crippen LogP contribution is -2.30. The van der Waals surface area contributed by atoms with E-state index in [-0.39, 0.29) is 12.5 Å². The first-order valence-corrected chi connectivity index (χ1v) is 10.8. The summed E-state index contributed by atoms with van der Waals surface area (Å²) in [6.07, 6.45) is 10.9. The highest BCUT2D eigenvalue weighted by Crippen LogP contribution is 2.21. The summed E-state index contributed by atoms with van der Waals surface area (Å²) < 4.78 is 0. The molecule has 0 spiro atoms. The second-order valence-electron chi connectivity index (χ2n) is 6.10. The molecule has 2 heterocycles. The number of nitrogens with zero attached hydrogens (tertiary/aromatic N) is 4. The van der Waals surface area contributed by atoms with Gasteiger partial charge in [-0.3, -0.25) is 10.1 Å². The van der Waals surface area contributed by atoms with E-state index in [1.54, 1.807) is 23.5 Å². The van der Waals surface area contributed by atoms with Crippen molar-refractivity contribution in [3.63, 3.8) is 0 Å². The lowest BCUT2D eigenvalue weighted by atomic mass is 9.97. The zero-order chi connectivity index (χ0) is 20.4. The molecule has 9 heteroatoms. The molecule has 0 aliphatic rings. The van der Waals surface area contributed by atoms with E-state index < -0.39 is 5.92 Å². The summed E-state index contributed by atoms with van der Waals surface area (Å²) in [4.78, 5) is 12.6. The predicted octanol–water partition coefficient (Wildman–Crippen LogP) is 3.47. The van der Waals surface area contributed by atoms with Crippen LogP contribution in [-0.2, 0) is 17.6 Å². The van der Waals surface area contributed by atoms with Crippen molar-refractivity contribution in [1.82, 2.24) is 20.4 Å². The van der Waals surface area contributed by atoms with Crippen molar-refractivity contribution in [2.45, 2.75) is 39.5 Å². The highest BCUT2D eigenvalue weighted by atomic mass is 32.1. The van der Waals surface area contributed by atoms with E-state index in [2.05, 4.69) is 32.3 Å². The molecule has 28 heavy (non-hydrogen) atoms. The standard InChI is InChI=1S/C19H26N6OS2/c1-4-8-14(9-5-2)15(12-20)18(26)21-19-25-24-17(28-19)11-7-6-10-16-23-22-13(3)27-16/h4-5,8-9,15H,1,6-7,10-12,20H2,2-3H3,(H,21,25,26)/b9-5-,14-8+. The molecule has 0 aliphatic carbocycles. The van der Waals surface area contributed by atoms with Crippen LogP contribution >= 0.6 is 22.7 Å². The molecule has 0 aliphatic heterocycles. The molecule has 1 atom stereocenters. The molecule has 0 aromatic carbocycles. The minimum Gasteiger partial charge on any atom is -0.329 e. The number of unbranched alkanes of at least 4 members (excludes halogenated alkanes) is 1. The maximum absolute atomic E-state index is 12.6. The Morgan fingerprint density at radius 2 is 1.86 bits per heavy atom. The third-order valence-electron chi connectivity index (χ3n) is 3.92. The van der Waals surface area contributed by atoms with E-state index in [0.717, 1.165) is 46.3 Å². The number of hydrogen-bond donors (Lipinski definition) is 2. The number of nitrogens with one attached hydrogen (secondary N) is 1. The van der Waals surface area contributed by atoms with Crippen molar-refractivity contribution >= 4 is 33.7 Å². The van der Waals surface area contributed by atoms with Gasteiger partial charge in [-0.2, -0.15) is 0 Å². The van der Waals surface area contributed by atoms with E-state index >= 15 is 0 Å². The number of carbonyl (C=O) groups is 1. The van der Waals surface area contributed by atoms with Crippen LogP contribution in [0, 0.1) is 12.8 Å². The van der Waals surface area contributed by atoms with Gasteiger partial charge in [0.2, 0.25) is 11.0 Å². The highest BCUT2D eigenvalue weighted by molar-refractivity contribution is 7.15. The molecule has 2 aromatic rings. The van der Waals surface area contributed by atoms with Gasteiger partial charge in [0.05, 0.1) is 5.92 Å². The van der Waals surface area contributed by atoms with Crippen LogP contribution < -0.4 is 11.1 Å². The number of carbonyl (C=O) groups excluding carboxylic acids is 1. The monoisotopic (exact) mass is 418 g/mol. The van der Waals surface area contributed by atoms with Crippen molar-refractivity contribution in [2.75, 3.05) is 11.9 Å². The Balaban J connectivity index is 1.85. The molecular formula is C19H26N6OS2. The lowest BCUT2D eigenvalue weighted by molar-refractivity contribution is -0.118. The van der Waals surface area contributed by atoms with Gasteiger partial charge in [-0.25, -0.2) is 0 Å². The third-order valence-corrected chi connectivity index (χ3v) is 5.72. The van der Waals surface area contributed by atoms with Gasteiger partial charge in [-0.05, 0) is 32.3 Å². The minimum atomic E-state index is -0.461. The summed E-state index contributed by atoms with van der Waals surface area (Å²) in [5.74, 6) is -0.653. The van der Waals surface area contributed by atoms with Crippen LogP contribution in [0.15, 0.2) is 36.5 Å². The fraction of sp³-hybridized carbons (Fsp3) is 0.421. The summed E-state index contributed by atoms with van der Waals surface area (Å²) >= 11 is 3.04. The zero-order valence-electron chi connectivity index (χ0n) is 16.2. The SMILES string of the molecule is C=C/C=C(\C=C/C)C(CN)C(=O)Nc1nnc(CCCCc2nnc(C)s2)s1. The maximum Gasteiger partial charge on any atom is 0.235 e. The Kier molecular flexibility index (Phi) is 9.12. The summed E-state index contributed by atoms with van der Waals surface area (Å²) in [5.41, 5.74) is 6.63. The number of allylic oxidation sites excluding steroid dienone is 4. The van der Waals surface area contributed by atoms with E-state index in [1.807, 2.05) is 26.0 Å². The van der Waals surface area contributed by atoms with Gasteiger partial charge < -0.3 is 5.73 Å². The summed E-state index contributed by atoms with van der Waals surface area (Å²) in [6, 6.07) is 0. The molecule has 0 saturated carbocycles. The van der Waals surface area contributed by atoms with Gasteiger partial charge >= 0.3 is 0 Å². The molecule has 3 N–H and O–H groups in total. The smallest absolute Gasteiger partial charge is 0.235 e. The molecule has 0 fully saturated rings. The molecule has 1 unspecified atom stereocenters. The van der Waals surface area contributed by atoms with Crippen LogP contribution in [0.2, 0.25) is 0 Å². The van der Waals surface area contributed by atoms with Gasteiger partial charge in [0, 0.05) is 19.4 Å². The first-order valence-electron chi connectivity index (χ1n) is 9.15. The predicted molar refractivity (Wildman–Crippen MR) is 115 cm³/mol. The van der Waals surface area contributed by atoms with E-state index in [9.17, 15) is 4.79 Å². The quantitative estimate of drug-likeness (QED) is 0.427. The van der Waals surface area contributed by atoms with Gasteiger partial charge in [0.25, 0.3) is 0 Å². The average Bonchev–Trinajstić information content (AvgIpc) is 3.28. The molecule has 2 aromatic heterocycles. The molecule has 7 nitrogen and oxygen atoms in total. The van der Waals surface area contributed by atoms with Gasteiger partial charge in [0.15, 0.2) is 0 Å². The van der Waals surface area contributed by atoms with Crippen molar-refractivity contribution < 1.29 is 4.79 Å². The largest absolute Gasteiger partial charge is 0.329 e. The first kappa shape index (κ1) is 22.1. The van der Waals surface area contributed by atoms with Gasteiger partial charge in [0.1, 0.15) is 15.0 Å². The molecule has 1 amide bonds. The normalized spacial score (nSPS) is 13.0. The van der Waals surface area contributed by atoms with Crippen LogP contribution in [0.25, 0.3) is 0 Å². The fourth-order valence-corrected chi connectivity index (χ4v) is 4.13. The Hall–Kier alpha value is -2.23. The number of rotatable bonds is 11. The molecular weight excluding hydrogens is 392 g/mol. The van der Waals surface area contributed by atoms with E-state index in [4.69, 9.17) is 5.73 Å². The summed E-state index contributed by atoms with van der Waals surface area (Å²) in [6.45, 7) is 7.75. The lowest BCUT2D eigenvalue weighted by Gasteiger charge is -2.14. The topological polar surface area (TPSA) is 107 Å². The summed E-state index contributed by atoms with van der Waals surface area (Å²) in [5, 5.41) is 22.7. The molecule has 150 valence electrons. The van der Waals surface area contributed by atoms with E-state index in [1.165, 1.54) is 11.3 Å². The molecule has 2 rings (SSSR count). The van der Waals surface area contributed by atoms with Crippen molar-refractivity contribution in [3.8, 4) is 0 Å². The number of aryl methyl sites for hydroxylation is 3. The number of amides is 1. The zero-order valence-corrected chi connectivity index (χ0v) is 17.9. The number of anilines is 1. The number of nitrogens with two attached hydrogens (primary N) is 1. The summed E-state index contributed by atoms with van der Waals surface area (Å²) in [7, 11) is 0. The van der Waals surface area contributed by atoms with Crippen LogP contribution in [0.5, 0.6) is 0 Å². The van der Waals surface area contributed by atoms with E-state index in [0.29, 0.717) is 5.13 Å². The minimum absolute atomic E-state index is 0.192. The second kappa shape index (κ2) is 11.6. The first-order chi connectivity index (χ1) is 13.6.